The molecule has 1 saturated carbocycles. The van der Waals surface area contributed by atoms with Gasteiger partial charge in [0, 0.05) is 11.3 Å². The summed E-state index contributed by atoms with van der Waals surface area (Å²) in [7, 11) is 0. The van der Waals surface area contributed by atoms with Gasteiger partial charge in [-0.3, -0.25) is 0 Å². The van der Waals surface area contributed by atoms with Crippen LogP contribution in [0.3, 0.4) is 0 Å². The van der Waals surface area contributed by atoms with Gasteiger partial charge in [-0.2, -0.15) is 23.5 Å². The molecule has 0 heterocycles. The van der Waals surface area contributed by atoms with E-state index in [0.29, 0.717) is 0 Å². The van der Waals surface area contributed by atoms with Crippen molar-refractivity contribution in [3.63, 3.8) is 0 Å². The first-order valence-electron chi connectivity index (χ1n) is 5.62. The third kappa shape index (κ3) is 4.94. The van der Waals surface area contributed by atoms with Crippen molar-refractivity contribution in [2.45, 2.75) is 43.4 Å². The monoisotopic (exact) mass is 233 g/mol. The minimum atomic E-state index is 0.821. The fourth-order valence-corrected chi connectivity index (χ4v) is 3.31. The van der Waals surface area contributed by atoms with Gasteiger partial charge in [-0.1, -0.05) is 0 Å². The van der Waals surface area contributed by atoms with Crippen LogP contribution >= 0.6 is 23.5 Å². The molecule has 0 aromatic heterocycles. The molecule has 0 radical (unpaired) electrons. The smallest absolute Gasteiger partial charge is 0.00779 e. The maximum atomic E-state index is 3.68. The number of nitrogens with one attached hydrogen (secondary N) is 1. The fourth-order valence-electron chi connectivity index (χ4n) is 2.02. The van der Waals surface area contributed by atoms with Crippen molar-refractivity contribution in [1.29, 1.82) is 0 Å². The topological polar surface area (TPSA) is 12.0 Å². The SMILES string of the molecule is CSCCCCNC1CCC(SC)C1. The van der Waals surface area contributed by atoms with Crippen molar-refractivity contribution in [1.82, 2.24) is 5.32 Å². The number of unbranched alkanes of at least 4 members (excludes halogenated alkanes) is 1. The van der Waals surface area contributed by atoms with Crippen LogP contribution < -0.4 is 5.32 Å². The van der Waals surface area contributed by atoms with Crippen molar-refractivity contribution >= 4 is 23.5 Å². The van der Waals surface area contributed by atoms with E-state index in [1.165, 1.54) is 44.4 Å². The summed E-state index contributed by atoms with van der Waals surface area (Å²) in [6.07, 6.45) is 11.4. The van der Waals surface area contributed by atoms with E-state index in [1.807, 2.05) is 23.5 Å². The lowest BCUT2D eigenvalue weighted by Crippen LogP contribution is -2.27. The molecule has 0 spiro atoms. The Morgan fingerprint density at radius 1 is 1.21 bits per heavy atom. The molecule has 1 fully saturated rings. The van der Waals surface area contributed by atoms with Gasteiger partial charge in [-0.25, -0.2) is 0 Å². The Hall–Kier alpha value is 0.660. The fraction of sp³-hybridized carbons (Fsp3) is 1.00. The standard InChI is InChI=1S/C11H23NS2/c1-13-8-4-3-7-12-10-5-6-11(9-10)14-2/h10-12H,3-9H2,1-2H3. The van der Waals surface area contributed by atoms with Crippen LogP contribution in [0.15, 0.2) is 0 Å². The van der Waals surface area contributed by atoms with E-state index in [1.54, 1.807) is 0 Å². The molecule has 0 aromatic carbocycles. The average molecular weight is 233 g/mol. The van der Waals surface area contributed by atoms with Crippen LogP contribution in [0.25, 0.3) is 0 Å². The normalized spacial score (nSPS) is 27.0. The number of thioether (sulfide) groups is 2. The summed E-state index contributed by atoms with van der Waals surface area (Å²) >= 11 is 4.00. The van der Waals surface area contributed by atoms with Crippen LogP contribution in [0.4, 0.5) is 0 Å². The van der Waals surface area contributed by atoms with E-state index in [4.69, 9.17) is 0 Å². The molecule has 2 unspecified atom stereocenters. The molecule has 2 atom stereocenters. The van der Waals surface area contributed by atoms with Crippen molar-refractivity contribution in [3.05, 3.63) is 0 Å². The van der Waals surface area contributed by atoms with Crippen LogP contribution in [-0.2, 0) is 0 Å². The highest BCUT2D eigenvalue weighted by atomic mass is 32.2. The number of hydrogen-bond donors (Lipinski definition) is 1. The van der Waals surface area contributed by atoms with Crippen molar-refractivity contribution < 1.29 is 0 Å². The molecule has 1 aliphatic carbocycles. The summed E-state index contributed by atoms with van der Waals surface area (Å²) in [5, 5.41) is 4.61. The molecule has 84 valence electrons. The molecule has 1 N–H and O–H groups in total. The van der Waals surface area contributed by atoms with E-state index in [9.17, 15) is 0 Å². The predicted octanol–water partition coefficient (Wildman–Crippen LogP) is 3.00. The van der Waals surface area contributed by atoms with Crippen LogP contribution in [0.5, 0.6) is 0 Å². The van der Waals surface area contributed by atoms with Gasteiger partial charge >= 0.3 is 0 Å². The minimum absolute atomic E-state index is 0.821. The first-order valence-corrected chi connectivity index (χ1v) is 8.30. The van der Waals surface area contributed by atoms with Gasteiger partial charge in [0.1, 0.15) is 0 Å². The lowest BCUT2D eigenvalue weighted by molar-refractivity contribution is 0.514. The summed E-state index contributed by atoms with van der Waals surface area (Å²) in [4.78, 5) is 0. The molecular weight excluding hydrogens is 210 g/mol. The molecule has 1 rings (SSSR count). The van der Waals surface area contributed by atoms with Gasteiger partial charge in [-0.15, -0.1) is 0 Å². The second-order valence-electron chi connectivity index (χ2n) is 4.02. The lowest BCUT2D eigenvalue weighted by atomic mass is 10.2. The minimum Gasteiger partial charge on any atom is -0.314 e. The second-order valence-corrected chi connectivity index (χ2v) is 6.15. The molecule has 0 aromatic rings. The van der Waals surface area contributed by atoms with Crippen LogP contribution in [-0.4, -0.2) is 36.1 Å². The third-order valence-corrected chi connectivity index (χ3v) is 4.72. The van der Waals surface area contributed by atoms with Crippen LogP contribution in [0.2, 0.25) is 0 Å². The van der Waals surface area contributed by atoms with Crippen molar-refractivity contribution in [3.8, 4) is 0 Å². The Kier molecular flexibility index (Phi) is 7.17. The van der Waals surface area contributed by atoms with Gasteiger partial charge in [0.15, 0.2) is 0 Å². The highest BCUT2D eigenvalue weighted by Crippen LogP contribution is 2.27. The molecule has 14 heavy (non-hydrogen) atoms. The zero-order valence-corrected chi connectivity index (χ0v) is 11.1. The van der Waals surface area contributed by atoms with Crippen molar-refractivity contribution in [2.75, 3.05) is 24.8 Å². The van der Waals surface area contributed by atoms with E-state index in [-0.39, 0.29) is 0 Å². The summed E-state index contributed by atoms with van der Waals surface area (Å²) in [6, 6.07) is 0.821. The van der Waals surface area contributed by atoms with Gasteiger partial charge in [-0.05, 0) is 56.9 Å². The molecule has 1 nitrogen and oxygen atoms in total. The van der Waals surface area contributed by atoms with E-state index in [2.05, 4.69) is 17.8 Å². The molecule has 0 aliphatic heterocycles. The Bertz CT molecular complexity index is 141. The Morgan fingerprint density at radius 2 is 2.07 bits per heavy atom. The Balaban J connectivity index is 1.92. The zero-order chi connectivity index (χ0) is 10.2. The summed E-state index contributed by atoms with van der Waals surface area (Å²) in [6.45, 7) is 1.23. The summed E-state index contributed by atoms with van der Waals surface area (Å²) < 4.78 is 0. The van der Waals surface area contributed by atoms with Gasteiger partial charge in [0.25, 0.3) is 0 Å². The largest absolute Gasteiger partial charge is 0.314 e. The first-order chi connectivity index (χ1) is 6.86. The third-order valence-electron chi connectivity index (χ3n) is 2.93. The zero-order valence-electron chi connectivity index (χ0n) is 9.42. The molecular formula is C11H23NS2. The highest BCUT2D eigenvalue weighted by molar-refractivity contribution is 7.99. The van der Waals surface area contributed by atoms with Crippen LogP contribution in [0, 0.1) is 0 Å². The predicted molar refractivity (Wildman–Crippen MR) is 70.6 cm³/mol. The van der Waals surface area contributed by atoms with E-state index >= 15 is 0 Å². The lowest BCUT2D eigenvalue weighted by Gasteiger charge is -2.12. The molecule has 3 heteroatoms. The number of hydrogen-bond acceptors (Lipinski definition) is 3. The summed E-state index contributed by atoms with van der Waals surface area (Å²) in [5.41, 5.74) is 0. The van der Waals surface area contributed by atoms with Crippen molar-refractivity contribution in [2.24, 2.45) is 0 Å². The van der Waals surface area contributed by atoms with Gasteiger partial charge < -0.3 is 5.32 Å². The molecule has 0 saturated heterocycles. The van der Waals surface area contributed by atoms with Gasteiger partial charge in [0.05, 0.1) is 0 Å². The summed E-state index contributed by atoms with van der Waals surface area (Å²) in [5.74, 6) is 1.32. The molecule has 0 amide bonds. The molecule has 1 aliphatic rings. The maximum Gasteiger partial charge on any atom is 0.00779 e. The number of rotatable bonds is 7. The average Bonchev–Trinajstić information content (AvgIpc) is 2.65. The van der Waals surface area contributed by atoms with E-state index in [0.717, 1.165) is 11.3 Å². The highest BCUT2D eigenvalue weighted by Gasteiger charge is 2.22. The second kappa shape index (κ2) is 7.89. The molecule has 0 bridgehead atoms. The van der Waals surface area contributed by atoms with Crippen LogP contribution in [0.1, 0.15) is 32.1 Å². The quantitative estimate of drug-likeness (QED) is 0.679. The Labute approximate surface area is 97.2 Å². The van der Waals surface area contributed by atoms with E-state index < -0.39 is 0 Å². The van der Waals surface area contributed by atoms with Gasteiger partial charge in [0.2, 0.25) is 0 Å². The Morgan fingerprint density at radius 3 is 2.71 bits per heavy atom. The maximum absolute atomic E-state index is 3.68. The first kappa shape index (κ1) is 12.7.